The van der Waals surface area contributed by atoms with Crippen LogP contribution < -0.4 is 21.5 Å². The van der Waals surface area contributed by atoms with E-state index in [4.69, 9.17) is 11.6 Å². The number of aromatic hydroxyl groups is 1. The number of carbonyl (C=O) groups excluding carboxylic acids is 3. The molecule has 0 unspecified atom stereocenters. The van der Waals surface area contributed by atoms with Crippen LogP contribution in [-0.4, -0.2) is 57.0 Å². The molecule has 46 heavy (non-hydrogen) atoms. The number of rotatable bonds is 14. The number of carbonyl (C=O) groups is 3. The standard InChI is InChI=1S/C34H37ClN6O5/c1-3-5-6-18-41(22-36-4-2)30(43)21-40-19-8-10-26(34(40)46)23-12-14-24(15-13-23)32(44)39-31-27(9-7-11-28(31)42)33(45)38-29-17-16-25(35)20-37-29/h7-17,19-20,36,42H,3-6,18,21-22H2,1-2H3,(H,39,44)(H,37,38,45). The fourth-order valence-electron chi connectivity index (χ4n) is 4.70. The molecule has 0 fully saturated rings. The average molecular weight is 645 g/mol. The molecule has 0 bridgehead atoms. The molecular weight excluding hydrogens is 608 g/mol. The van der Waals surface area contributed by atoms with Crippen LogP contribution in [-0.2, 0) is 11.3 Å². The van der Waals surface area contributed by atoms with Gasteiger partial charge in [-0.3, -0.25) is 19.2 Å². The Bertz CT molecular complexity index is 1720. The molecular formula is C34H37ClN6O5. The van der Waals surface area contributed by atoms with Crippen LogP contribution in [0.3, 0.4) is 0 Å². The minimum Gasteiger partial charge on any atom is -0.506 e. The molecule has 11 nitrogen and oxygen atoms in total. The van der Waals surface area contributed by atoms with Gasteiger partial charge in [-0.05, 0) is 67.1 Å². The first kappa shape index (κ1) is 33.9. The fourth-order valence-corrected chi connectivity index (χ4v) is 4.81. The van der Waals surface area contributed by atoms with E-state index in [1.807, 2.05) is 6.92 Å². The third-order valence-corrected chi connectivity index (χ3v) is 7.44. The fraction of sp³-hybridized carbons (Fsp3) is 0.265. The quantitative estimate of drug-likeness (QED) is 0.0821. The van der Waals surface area contributed by atoms with Gasteiger partial charge in [-0.1, -0.05) is 56.5 Å². The van der Waals surface area contributed by atoms with Crippen molar-refractivity contribution < 1.29 is 19.5 Å². The monoisotopic (exact) mass is 644 g/mol. The van der Waals surface area contributed by atoms with Crippen LogP contribution >= 0.6 is 11.6 Å². The Morgan fingerprint density at radius 1 is 0.935 bits per heavy atom. The summed E-state index contributed by atoms with van der Waals surface area (Å²) in [5, 5.41) is 19.3. The summed E-state index contributed by atoms with van der Waals surface area (Å²) >= 11 is 5.86. The zero-order valence-electron chi connectivity index (χ0n) is 25.8. The number of hydrogen-bond donors (Lipinski definition) is 4. The van der Waals surface area contributed by atoms with Crippen LogP contribution in [0.25, 0.3) is 11.1 Å². The minimum atomic E-state index is -0.596. The molecule has 4 rings (SSSR count). The van der Waals surface area contributed by atoms with Crippen molar-refractivity contribution in [1.82, 2.24) is 19.8 Å². The van der Waals surface area contributed by atoms with Gasteiger partial charge in [-0.2, -0.15) is 0 Å². The molecule has 0 saturated heterocycles. The number of halogens is 1. The second-order valence-electron chi connectivity index (χ2n) is 10.5. The third-order valence-electron chi connectivity index (χ3n) is 7.22. The maximum atomic E-state index is 13.4. The molecule has 0 aliphatic heterocycles. The molecule has 4 aromatic rings. The van der Waals surface area contributed by atoms with E-state index in [1.165, 1.54) is 47.2 Å². The molecule has 2 aromatic heterocycles. The SMILES string of the molecule is CCCCCN(CNCC)C(=O)Cn1cccc(-c2ccc(C(=O)Nc3c(O)cccc3C(=O)Nc3ccc(Cl)cn3)cc2)c1=O. The van der Waals surface area contributed by atoms with E-state index in [2.05, 4.69) is 27.9 Å². The summed E-state index contributed by atoms with van der Waals surface area (Å²) in [6.45, 7) is 5.75. The number of amides is 3. The van der Waals surface area contributed by atoms with Gasteiger partial charge < -0.3 is 30.5 Å². The first-order valence-corrected chi connectivity index (χ1v) is 15.4. The van der Waals surface area contributed by atoms with Gasteiger partial charge in [0.05, 0.1) is 22.9 Å². The second-order valence-corrected chi connectivity index (χ2v) is 11.0. The lowest BCUT2D eigenvalue weighted by Crippen LogP contribution is -2.42. The van der Waals surface area contributed by atoms with E-state index < -0.39 is 11.8 Å². The van der Waals surface area contributed by atoms with Gasteiger partial charge >= 0.3 is 0 Å². The zero-order valence-corrected chi connectivity index (χ0v) is 26.5. The van der Waals surface area contributed by atoms with E-state index in [-0.39, 0.29) is 46.4 Å². The molecule has 0 atom stereocenters. The molecule has 0 saturated carbocycles. The van der Waals surface area contributed by atoms with E-state index >= 15 is 0 Å². The van der Waals surface area contributed by atoms with Crippen molar-refractivity contribution >= 4 is 40.8 Å². The smallest absolute Gasteiger partial charge is 0.259 e. The third kappa shape index (κ3) is 8.80. The number of hydrogen-bond acceptors (Lipinski definition) is 7. The number of anilines is 2. The van der Waals surface area contributed by atoms with Gasteiger partial charge in [0.2, 0.25) is 5.91 Å². The summed E-state index contributed by atoms with van der Waals surface area (Å²) in [5.41, 5.74) is 0.795. The highest BCUT2D eigenvalue weighted by Gasteiger charge is 2.19. The zero-order chi connectivity index (χ0) is 33.1. The topological polar surface area (TPSA) is 146 Å². The Morgan fingerprint density at radius 3 is 2.41 bits per heavy atom. The van der Waals surface area contributed by atoms with Crippen molar-refractivity contribution in [2.45, 2.75) is 39.7 Å². The highest BCUT2D eigenvalue weighted by molar-refractivity contribution is 6.30. The Labute approximate surface area is 272 Å². The van der Waals surface area contributed by atoms with Crippen molar-refractivity contribution in [2.24, 2.45) is 0 Å². The maximum absolute atomic E-state index is 13.4. The maximum Gasteiger partial charge on any atom is 0.259 e. The molecule has 0 aliphatic carbocycles. The molecule has 2 aromatic carbocycles. The van der Waals surface area contributed by atoms with Gasteiger partial charge in [-0.15, -0.1) is 0 Å². The van der Waals surface area contributed by atoms with Gasteiger partial charge in [0.15, 0.2) is 0 Å². The molecule has 0 radical (unpaired) electrons. The molecule has 240 valence electrons. The van der Waals surface area contributed by atoms with Gasteiger partial charge in [-0.25, -0.2) is 4.98 Å². The summed E-state index contributed by atoms with van der Waals surface area (Å²) in [4.78, 5) is 58.4. The lowest BCUT2D eigenvalue weighted by molar-refractivity contribution is -0.132. The predicted octanol–water partition coefficient (Wildman–Crippen LogP) is 5.36. The average Bonchev–Trinajstić information content (AvgIpc) is 3.05. The highest BCUT2D eigenvalue weighted by atomic mass is 35.5. The predicted molar refractivity (Wildman–Crippen MR) is 179 cm³/mol. The molecule has 2 heterocycles. The number of benzene rings is 2. The molecule has 0 aliphatic rings. The molecule has 0 spiro atoms. The number of unbranched alkanes of at least 4 members (excludes halogenated alkanes) is 2. The Kier molecular flexibility index (Phi) is 12.0. The Balaban J connectivity index is 1.48. The Morgan fingerprint density at radius 2 is 1.72 bits per heavy atom. The highest BCUT2D eigenvalue weighted by Crippen LogP contribution is 2.29. The molecule has 3 amide bonds. The number of phenolic OH excluding ortho intramolecular Hbond substituents is 1. The van der Waals surface area contributed by atoms with Crippen LogP contribution in [0.2, 0.25) is 5.02 Å². The van der Waals surface area contributed by atoms with Crippen molar-refractivity contribution in [1.29, 1.82) is 0 Å². The van der Waals surface area contributed by atoms with E-state index in [9.17, 15) is 24.3 Å². The van der Waals surface area contributed by atoms with Crippen LogP contribution in [0.15, 0.2) is 83.9 Å². The second kappa shape index (κ2) is 16.4. The van der Waals surface area contributed by atoms with Crippen LogP contribution in [0.5, 0.6) is 5.75 Å². The number of nitrogens with zero attached hydrogens (tertiary/aromatic N) is 3. The lowest BCUT2D eigenvalue weighted by atomic mass is 10.0. The Hall–Kier alpha value is -5.00. The van der Waals surface area contributed by atoms with E-state index in [0.717, 1.165) is 25.8 Å². The summed E-state index contributed by atoms with van der Waals surface area (Å²) in [5.74, 6) is -1.37. The number of para-hydroxylation sites is 1. The van der Waals surface area contributed by atoms with Crippen LogP contribution in [0, 0.1) is 0 Å². The first-order valence-electron chi connectivity index (χ1n) is 15.1. The van der Waals surface area contributed by atoms with Crippen molar-refractivity contribution in [3.05, 3.63) is 106 Å². The number of phenols is 1. The van der Waals surface area contributed by atoms with Gasteiger partial charge in [0, 0.05) is 30.1 Å². The lowest BCUT2D eigenvalue weighted by Gasteiger charge is -2.23. The van der Waals surface area contributed by atoms with Crippen LogP contribution in [0.4, 0.5) is 11.5 Å². The normalized spacial score (nSPS) is 10.8. The van der Waals surface area contributed by atoms with Crippen molar-refractivity contribution in [3.8, 4) is 16.9 Å². The number of pyridine rings is 2. The molecule has 12 heteroatoms. The largest absolute Gasteiger partial charge is 0.506 e. The van der Waals surface area contributed by atoms with E-state index in [0.29, 0.717) is 29.4 Å². The van der Waals surface area contributed by atoms with Crippen LogP contribution in [0.1, 0.15) is 53.8 Å². The summed E-state index contributed by atoms with van der Waals surface area (Å²) in [7, 11) is 0. The van der Waals surface area contributed by atoms with E-state index in [1.54, 1.807) is 41.4 Å². The first-order chi connectivity index (χ1) is 22.2. The minimum absolute atomic E-state index is 0.0236. The summed E-state index contributed by atoms with van der Waals surface area (Å²) in [6.07, 6.45) is 5.92. The summed E-state index contributed by atoms with van der Waals surface area (Å²) < 4.78 is 1.39. The number of aromatic nitrogens is 2. The number of nitrogens with one attached hydrogen (secondary N) is 3. The van der Waals surface area contributed by atoms with Crippen molar-refractivity contribution in [3.63, 3.8) is 0 Å². The van der Waals surface area contributed by atoms with Crippen molar-refractivity contribution in [2.75, 3.05) is 30.4 Å². The van der Waals surface area contributed by atoms with Gasteiger partial charge in [0.25, 0.3) is 17.4 Å². The van der Waals surface area contributed by atoms with Gasteiger partial charge in [0.1, 0.15) is 18.1 Å². The summed E-state index contributed by atoms with van der Waals surface area (Å²) in [6, 6.07) is 17.1. The molecule has 4 N–H and O–H groups in total.